The molecule has 0 amide bonds. The van der Waals surface area contributed by atoms with Crippen molar-refractivity contribution >= 4 is 5.78 Å². The van der Waals surface area contributed by atoms with E-state index < -0.39 is 0 Å². The van der Waals surface area contributed by atoms with E-state index in [1.54, 1.807) is 0 Å². The lowest BCUT2D eigenvalue weighted by Crippen LogP contribution is -2.11. The highest BCUT2D eigenvalue weighted by Crippen LogP contribution is 2.39. The summed E-state index contributed by atoms with van der Waals surface area (Å²) in [5.41, 5.74) is 0.265. The highest BCUT2D eigenvalue weighted by Gasteiger charge is 2.32. The minimum atomic E-state index is 0.265. The molecule has 0 bridgehead atoms. The molecule has 12 heavy (non-hydrogen) atoms. The van der Waals surface area contributed by atoms with Gasteiger partial charge in [-0.05, 0) is 25.2 Å². The number of Topliss-reactive ketones (excluding diaryl/α,β-unsaturated/α-hetero) is 1. The van der Waals surface area contributed by atoms with E-state index in [4.69, 9.17) is 0 Å². The van der Waals surface area contributed by atoms with E-state index in [9.17, 15) is 4.79 Å². The first-order chi connectivity index (χ1) is 5.66. The molecule has 0 spiro atoms. The van der Waals surface area contributed by atoms with Gasteiger partial charge in [-0.15, -0.1) is 11.8 Å². The van der Waals surface area contributed by atoms with Crippen LogP contribution in [0.5, 0.6) is 0 Å². The Balaban J connectivity index is 2.38. The van der Waals surface area contributed by atoms with Gasteiger partial charge in [-0.1, -0.05) is 6.92 Å². The summed E-state index contributed by atoms with van der Waals surface area (Å²) in [7, 11) is 0. The van der Waals surface area contributed by atoms with Crippen molar-refractivity contribution in [1.29, 1.82) is 0 Å². The van der Waals surface area contributed by atoms with Gasteiger partial charge in [0.1, 0.15) is 5.78 Å². The molecule has 0 aromatic rings. The van der Waals surface area contributed by atoms with Crippen molar-refractivity contribution in [2.75, 3.05) is 0 Å². The van der Waals surface area contributed by atoms with Crippen LogP contribution in [-0.4, -0.2) is 5.78 Å². The van der Waals surface area contributed by atoms with Gasteiger partial charge in [-0.3, -0.25) is 4.79 Å². The van der Waals surface area contributed by atoms with Crippen LogP contribution in [0.15, 0.2) is 0 Å². The molecule has 1 nitrogen and oxygen atoms in total. The Labute approximate surface area is 74.5 Å². The monoisotopic (exact) mass is 164 g/mol. The molecule has 1 heteroatoms. The Morgan fingerprint density at radius 2 is 2.33 bits per heavy atom. The summed E-state index contributed by atoms with van der Waals surface area (Å²) in [6.07, 6.45) is 4.66. The van der Waals surface area contributed by atoms with Crippen LogP contribution in [0.1, 0.15) is 46.0 Å². The van der Waals surface area contributed by atoms with Crippen molar-refractivity contribution in [2.45, 2.75) is 46.0 Å². The van der Waals surface area contributed by atoms with E-state index >= 15 is 0 Å². The molecule has 0 N–H and O–H groups in total. The van der Waals surface area contributed by atoms with Gasteiger partial charge in [-0.25, -0.2) is 0 Å². The molecular formula is C11H16O. The maximum Gasteiger partial charge on any atom is 0.133 e. The fourth-order valence-electron chi connectivity index (χ4n) is 1.80. The minimum absolute atomic E-state index is 0.265. The van der Waals surface area contributed by atoms with E-state index in [0.717, 1.165) is 32.1 Å². The van der Waals surface area contributed by atoms with Crippen LogP contribution >= 0.6 is 0 Å². The molecule has 0 aromatic heterocycles. The van der Waals surface area contributed by atoms with E-state index in [0.29, 0.717) is 5.78 Å². The topological polar surface area (TPSA) is 17.1 Å². The molecule has 1 aliphatic carbocycles. The number of rotatable bonds is 2. The zero-order valence-electron chi connectivity index (χ0n) is 7.94. The molecule has 1 unspecified atom stereocenters. The summed E-state index contributed by atoms with van der Waals surface area (Å²) in [5.74, 6) is 6.37. The quantitative estimate of drug-likeness (QED) is 0.573. The fourth-order valence-corrected chi connectivity index (χ4v) is 1.80. The first-order valence-electron chi connectivity index (χ1n) is 4.58. The summed E-state index contributed by atoms with van der Waals surface area (Å²) >= 11 is 0. The second kappa shape index (κ2) is 3.76. The van der Waals surface area contributed by atoms with E-state index in [-0.39, 0.29) is 5.41 Å². The number of carbonyl (C=O) groups excluding carboxylic acids is 1. The molecule has 1 rings (SSSR count). The fraction of sp³-hybridized carbons (Fsp3) is 0.727. The predicted octanol–water partition coefficient (Wildman–Crippen LogP) is 2.55. The molecule has 1 atom stereocenters. The van der Waals surface area contributed by atoms with Crippen molar-refractivity contribution in [1.82, 2.24) is 0 Å². The summed E-state index contributed by atoms with van der Waals surface area (Å²) < 4.78 is 0. The molecule has 66 valence electrons. The van der Waals surface area contributed by atoms with Gasteiger partial charge in [-0.2, -0.15) is 0 Å². The number of hydrogen-bond donors (Lipinski definition) is 0. The SMILES string of the molecule is CC#CCCC1(C)CCC(=O)C1. The van der Waals surface area contributed by atoms with Crippen LogP contribution in [0.3, 0.4) is 0 Å². The molecule has 1 saturated carbocycles. The Kier molecular flexibility index (Phi) is 2.92. The largest absolute Gasteiger partial charge is 0.300 e. The highest BCUT2D eigenvalue weighted by atomic mass is 16.1. The van der Waals surface area contributed by atoms with Gasteiger partial charge in [0.2, 0.25) is 0 Å². The molecule has 0 aromatic carbocycles. The summed E-state index contributed by atoms with van der Waals surface area (Å²) in [6, 6.07) is 0. The lowest BCUT2D eigenvalue weighted by Gasteiger charge is -2.20. The van der Waals surface area contributed by atoms with Crippen molar-refractivity contribution in [3.8, 4) is 11.8 Å². The number of carbonyl (C=O) groups is 1. The Bertz CT molecular complexity index is 231. The Morgan fingerprint density at radius 1 is 1.58 bits per heavy atom. The standard InChI is InChI=1S/C11H16O/c1-3-4-5-7-11(2)8-6-10(12)9-11/h5-9H2,1-2H3. The summed E-state index contributed by atoms with van der Waals surface area (Å²) in [5, 5.41) is 0. The highest BCUT2D eigenvalue weighted by molar-refractivity contribution is 5.81. The minimum Gasteiger partial charge on any atom is -0.300 e. The normalized spacial score (nSPS) is 28.3. The van der Waals surface area contributed by atoms with Crippen molar-refractivity contribution in [3.63, 3.8) is 0 Å². The van der Waals surface area contributed by atoms with Gasteiger partial charge in [0.25, 0.3) is 0 Å². The van der Waals surface area contributed by atoms with Crippen LogP contribution in [0.4, 0.5) is 0 Å². The van der Waals surface area contributed by atoms with Crippen LogP contribution in [0.25, 0.3) is 0 Å². The predicted molar refractivity (Wildman–Crippen MR) is 49.6 cm³/mol. The van der Waals surface area contributed by atoms with E-state index in [1.165, 1.54) is 0 Å². The molecule has 0 radical (unpaired) electrons. The zero-order chi connectivity index (χ0) is 9.03. The number of ketones is 1. The van der Waals surface area contributed by atoms with Crippen LogP contribution < -0.4 is 0 Å². The maximum atomic E-state index is 11.1. The first-order valence-corrected chi connectivity index (χ1v) is 4.58. The van der Waals surface area contributed by atoms with Gasteiger partial charge < -0.3 is 0 Å². The van der Waals surface area contributed by atoms with E-state index in [1.807, 2.05) is 6.92 Å². The molecule has 0 heterocycles. The van der Waals surface area contributed by atoms with Crippen LogP contribution in [-0.2, 0) is 4.79 Å². The average Bonchev–Trinajstić information content (AvgIpc) is 2.32. The Morgan fingerprint density at radius 3 is 2.83 bits per heavy atom. The average molecular weight is 164 g/mol. The molecule has 1 aliphatic rings. The lowest BCUT2D eigenvalue weighted by molar-refractivity contribution is -0.117. The number of hydrogen-bond acceptors (Lipinski definition) is 1. The second-order valence-electron chi connectivity index (χ2n) is 3.95. The van der Waals surface area contributed by atoms with Crippen LogP contribution in [0.2, 0.25) is 0 Å². The summed E-state index contributed by atoms with van der Waals surface area (Å²) in [6.45, 7) is 4.07. The van der Waals surface area contributed by atoms with Gasteiger partial charge in [0, 0.05) is 19.3 Å². The van der Waals surface area contributed by atoms with Crippen LogP contribution in [0, 0.1) is 17.3 Å². The van der Waals surface area contributed by atoms with Gasteiger partial charge >= 0.3 is 0 Å². The Hall–Kier alpha value is -0.770. The lowest BCUT2D eigenvalue weighted by atomic mass is 9.84. The van der Waals surface area contributed by atoms with Crippen molar-refractivity contribution in [3.05, 3.63) is 0 Å². The molecule has 1 fully saturated rings. The first kappa shape index (κ1) is 9.32. The third-order valence-electron chi connectivity index (χ3n) is 2.66. The van der Waals surface area contributed by atoms with Gasteiger partial charge in [0.15, 0.2) is 0 Å². The zero-order valence-corrected chi connectivity index (χ0v) is 7.94. The third-order valence-corrected chi connectivity index (χ3v) is 2.66. The van der Waals surface area contributed by atoms with E-state index in [2.05, 4.69) is 18.8 Å². The molecule has 0 aliphatic heterocycles. The van der Waals surface area contributed by atoms with Gasteiger partial charge in [0.05, 0.1) is 0 Å². The van der Waals surface area contributed by atoms with Crippen molar-refractivity contribution in [2.24, 2.45) is 5.41 Å². The maximum absolute atomic E-state index is 11.1. The summed E-state index contributed by atoms with van der Waals surface area (Å²) in [4.78, 5) is 11.1. The molecular weight excluding hydrogens is 148 g/mol. The molecule has 0 saturated heterocycles. The third kappa shape index (κ3) is 2.37. The smallest absolute Gasteiger partial charge is 0.133 e. The van der Waals surface area contributed by atoms with Crippen molar-refractivity contribution < 1.29 is 4.79 Å². The second-order valence-corrected chi connectivity index (χ2v) is 3.95.